The van der Waals surface area contributed by atoms with Crippen LogP contribution in [0.4, 0.5) is 4.39 Å². The lowest BCUT2D eigenvalue weighted by Gasteiger charge is -2.12. The third kappa shape index (κ3) is 11.7. The molecule has 0 amide bonds. The molecule has 0 aliphatic heterocycles. The van der Waals surface area contributed by atoms with Gasteiger partial charge in [-0.2, -0.15) is 0 Å². The van der Waals surface area contributed by atoms with Crippen LogP contribution in [0.15, 0.2) is 121 Å². The van der Waals surface area contributed by atoms with E-state index in [0.29, 0.717) is 17.7 Å². The van der Waals surface area contributed by atoms with Gasteiger partial charge in [-0.15, -0.1) is 0 Å². The Kier molecular flexibility index (Phi) is 14.9. The smallest absolute Gasteiger partial charge is 0.343 e. The molecule has 5 rings (SSSR count). The molecule has 0 fully saturated rings. The lowest BCUT2D eigenvalue weighted by Crippen LogP contribution is -2.12. The van der Waals surface area contributed by atoms with Gasteiger partial charge in [0.15, 0.2) is 23.1 Å². The van der Waals surface area contributed by atoms with Crippen LogP contribution in [0.3, 0.4) is 0 Å². The SMILES string of the molecule is C=C(C)C(=O)OCCCCCCc1ccc(C(=O)Oc2ccc(OC(=O)c3ccc(OC(=O)c4ccc5c(CC/C=C/C)cccc5c4)c(OC)c3)cc2F)cc1. The van der Waals surface area contributed by atoms with Crippen molar-refractivity contribution in [2.45, 2.75) is 58.8 Å². The predicted octanol–water partition coefficient (Wildman–Crippen LogP) is 10.4. The zero-order valence-corrected chi connectivity index (χ0v) is 32.3. The number of allylic oxidation sites excluding steroid dienone is 2. The van der Waals surface area contributed by atoms with E-state index in [4.69, 9.17) is 23.7 Å². The highest BCUT2D eigenvalue weighted by Gasteiger charge is 2.19. The quantitative estimate of drug-likeness (QED) is 0.0282. The Morgan fingerprint density at radius 2 is 1.35 bits per heavy atom. The van der Waals surface area contributed by atoms with E-state index in [1.54, 1.807) is 31.2 Å². The van der Waals surface area contributed by atoms with Crippen molar-refractivity contribution in [1.29, 1.82) is 0 Å². The summed E-state index contributed by atoms with van der Waals surface area (Å²) in [6, 6.07) is 25.9. The van der Waals surface area contributed by atoms with Crippen molar-refractivity contribution in [1.82, 2.24) is 0 Å². The van der Waals surface area contributed by atoms with Crippen molar-refractivity contribution in [2.75, 3.05) is 13.7 Å². The summed E-state index contributed by atoms with van der Waals surface area (Å²) in [5.41, 5.74) is 3.27. The number of carbonyl (C=O) groups excluding carboxylic acids is 4. The molecule has 0 atom stereocenters. The molecule has 5 aromatic rings. The zero-order chi connectivity index (χ0) is 40.7. The Morgan fingerprint density at radius 1 is 0.684 bits per heavy atom. The molecule has 0 saturated carbocycles. The molecule has 0 saturated heterocycles. The van der Waals surface area contributed by atoms with Crippen LogP contribution in [0.2, 0.25) is 0 Å². The van der Waals surface area contributed by atoms with E-state index in [1.807, 2.05) is 43.3 Å². The van der Waals surface area contributed by atoms with Crippen LogP contribution in [0.1, 0.15) is 88.2 Å². The maximum atomic E-state index is 15.0. The molecule has 0 radical (unpaired) electrons. The lowest BCUT2D eigenvalue weighted by atomic mass is 9.99. The summed E-state index contributed by atoms with van der Waals surface area (Å²) < 4.78 is 41.8. The van der Waals surface area contributed by atoms with Gasteiger partial charge >= 0.3 is 23.9 Å². The van der Waals surface area contributed by atoms with Gasteiger partial charge in [0.05, 0.1) is 30.4 Å². The van der Waals surface area contributed by atoms with Crippen LogP contribution >= 0.6 is 0 Å². The Hall–Kier alpha value is -6.55. The van der Waals surface area contributed by atoms with Crippen molar-refractivity contribution in [2.24, 2.45) is 0 Å². The maximum Gasteiger partial charge on any atom is 0.343 e. The third-order valence-corrected chi connectivity index (χ3v) is 9.07. The summed E-state index contributed by atoms with van der Waals surface area (Å²) >= 11 is 0. The normalized spacial score (nSPS) is 10.9. The van der Waals surface area contributed by atoms with E-state index < -0.39 is 23.7 Å². The van der Waals surface area contributed by atoms with Crippen molar-refractivity contribution in [3.8, 4) is 23.0 Å². The first-order valence-corrected chi connectivity index (χ1v) is 18.7. The van der Waals surface area contributed by atoms with Gasteiger partial charge in [-0.3, -0.25) is 0 Å². The molecule has 0 aliphatic carbocycles. The number of carbonyl (C=O) groups is 4. The fourth-order valence-electron chi connectivity index (χ4n) is 5.97. The van der Waals surface area contributed by atoms with Crippen molar-refractivity contribution >= 4 is 34.6 Å². The number of halogens is 1. The first-order valence-electron chi connectivity index (χ1n) is 18.7. The van der Waals surface area contributed by atoms with Crippen molar-refractivity contribution in [3.63, 3.8) is 0 Å². The molecule has 294 valence electrons. The number of fused-ring (bicyclic) bond motifs is 1. The highest BCUT2D eigenvalue weighted by molar-refractivity contribution is 5.98. The molecule has 0 heterocycles. The summed E-state index contributed by atoms with van der Waals surface area (Å²) in [4.78, 5) is 50.3. The number of rotatable bonds is 18. The van der Waals surface area contributed by atoms with Crippen LogP contribution in [0.25, 0.3) is 10.8 Å². The summed E-state index contributed by atoms with van der Waals surface area (Å²) in [5.74, 6) is -3.68. The molecule has 0 unspecified atom stereocenters. The molecular formula is C47H45FO9. The van der Waals surface area contributed by atoms with Crippen molar-refractivity contribution in [3.05, 3.63) is 155 Å². The molecule has 0 bridgehead atoms. The Morgan fingerprint density at radius 3 is 2.09 bits per heavy atom. The van der Waals surface area contributed by atoms with Crippen LogP contribution in [0.5, 0.6) is 23.0 Å². The number of benzene rings is 5. The standard InChI is InChI=1S/C47H45FO9/c1-5-6-9-14-33-15-12-16-35-28-36(21-24-39(33)35)47(52)57-42-25-22-37(29-43(42)53-4)46(51)55-38-23-26-41(40(48)30-38)56-45(50)34-19-17-32(18-20-34)13-10-7-8-11-27-54-44(49)31(2)3/h5-6,12,15-26,28-30H,2,7-11,13-14,27H2,1,3-4H3/b6-5+. The average Bonchev–Trinajstić information content (AvgIpc) is 3.21. The summed E-state index contributed by atoms with van der Waals surface area (Å²) in [6.07, 6.45) is 10.3. The number of unbranched alkanes of at least 4 members (excludes halogenated alkanes) is 3. The fourth-order valence-corrected chi connectivity index (χ4v) is 5.97. The summed E-state index contributed by atoms with van der Waals surface area (Å²) in [5, 5.41) is 1.98. The molecule has 57 heavy (non-hydrogen) atoms. The zero-order valence-electron chi connectivity index (χ0n) is 32.3. The van der Waals surface area contributed by atoms with Gasteiger partial charge < -0.3 is 23.7 Å². The second kappa shape index (κ2) is 20.4. The van der Waals surface area contributed by atoms with Gasteiger partial charge in [0.1, 0.15) is 5.75 Å². The minimum Gasteiger partial charge on any atom is -0.493 e. The van der Waals surface area contributed by atoms with E-state index in [0.717, 1.165) is 67.3 Å². The number of aryl methyl sites for hydroxylation is 2. The molecule has 10 heteroatoms. The van der Waals surface area contributed by atoms with Crippen LogP contribution in [-0.2, 0) is 22.4 Å². The lowest BCUT2D eigenvalue weighted by molar-refractivity contribution is -0.139. The van der Waals surface area contributed by atoms with Gasteiger partial charge in [-0.1, -0.05) is 68.0 Å². The monoisotopic (exact) mass is 772 g/mol. The van der Waals surface area contributed by atoms with Gasteiger partial charge in [0, 0.05) is 11.6 Å². The average molecular weight is 773 g/mol. The number of hydrogen-bond acceptors (Lipinski definition) is 9. The van der Waals surface area contributed by atoms with Crippen LogP contribution < -0.4 is 18.9 Å². The minimum absolute atomic E-state index is 0.0590. The van der Waals surface area contributed by atoms with E-state index in [-0.39, 0.29) is 40.1 Å². The highest BCUT2D eigenvalue weighted by atomic mass is 19.1. The van der Waals surface area contributed by atoms with E-state index in [2.05, 4.69) is 18.7 Å². The fraction of sp³-hybridized carbons (Fsp3) is 0.234. The number of esters is 4. The van der Waals surface area contributed by atoms with E-state index >= 15 is 4.39 Å². The Balaban J connectivity index is 1.12. The number of methoxy groups -OCH3 is 1. The Bertz CT molecular complexity index is 2270. The predicted molar refractivity (Wildman–Crippen MR) is 216 cm³/mol. The molecule has 9 nitrogen and oxygen atoms in total. The second-order valence-electron chi connectivity index (χ2n) is 13.4. The molecule has 0 N–H and O–H groups in total. The third-order valence-electron chi connectivity index (χ3n) is 9.07. The van der Waals surface area contributed by atoms with Crippen molar-refractivity contribution < 1.29 is 47.3 Å². The van der Waals surface area contributed by atoms with Gasteiger partial charge in [-0.25, -0.2) is 23.6 Å². The highest BCUT2D eigenvalue weighted by Crippen LogP contribution is 2.31. The van der Waals surface area contributed by atoms with Gasteiger partial charge in [0.25, 0.3) is 0 Å². The summed E-state index contributed by atoms with van der Waals surface area (Å²) in [7, 11) is 1.37. The maximum absolute atomic E-state index is 15.0. The van der Waals surface area contributed by atoms with E-state index in [9.17, 15) is 19.2 Å². The Labute approximate surface area is 331 Å². The van der Waals surface area contributed by atoms with Crippen LogP contribution in [0, 0.1) is 5.82 Å². The van der Waals surface area contributed by atoms with Gasteiger partial charge in [0.2, 0.25) is 0 Å². The minimum atomic E-state index is -0.905. The van der Waals surface area contributed by atoms with Gasteiger partial charge in [-0.05, 0) is 122 Å². The molecule has 5 aromatic carbocycles. The number of ether oxygens (including phenoxy) is 5. The first kappa shape index (κ1) is 41.6. The molecule has 0 spiro atoms. The topological polar surface area (TPSA) is 114 Å². The molecular weight excluding hydrogens is 728 g/mol. The van der Waals surface area contributed by atoms with Crippen LogP contribution in [-0.4, -0.2) is 37.6 Å². The first-order chi connectivity index (χ1) is 27.6. The second-order valence-corrected chi connectivity index (χ2v) is 13.4. The summed E-state index contributed by atoms with van der Waals surface area (Å²) in [6.45, 7) is 7.54. The molecule has 0 aromatic heterocycles. The number of hydrogen-bond donors (Lipinski definition) is 0. The van der Waals surface area contributed by atoms with E-state index in [1.165, 1.54) is 43.0 Å². The molecule has 0 aliphatic rings. The largest absolute Gasteiger partial charge is 0.493 e.